The smallest absolute Gasteiger partial charge is 0.167 e. The summed E-state index contributed by atoms with van der Waals surface area (Å²) in [4.78, 5) is 0. The van der Waals surface area contributed by atoms with Crippen molar-refractivity contribution in [2.75, 3.05) is 12.8 Å². The highest BCUT2D eigenvalue weighted by Gasteiger charge is 2.21. The molecule has 1 heterocycles. The van der Waals surface area contributed by atoms with Crippen LogP contribution in [-0.4, -0.2) is 21.9 Å². The van der Waals surface area contributed by atoms with Crippen LogP contribution in [0.4, 0.5) is 5.69 Å². The molecule has 5 heteroatoms. The van der Waals surface area contributed by atoms with Gasteiger partial charge in [0.25, 0.3) is 0 Å². The lowest BCUT2D eigenvalue weighted by Gasteiger charge is -2.24. The summed E-state index contributed by atoms with van der Waals surface area (Å²) in [6, 6.07) is 6.15. The minimum absolute atomic E-state index is 0.496. The first-order valence-corrected chi connectivity index (χ1v) is 7.13. The van der Waals surface area contributed by atoms with E-state index in [1.165, 1.54) is 32.1 Å². The van der Waals surface area contributed by atoms with Gasteiger partial charge < -0.3 is 15.0 Å². The van der Waals surface area contributed by atoms with Gasteiger partial charge in [-0.2, -0.15) is 0 Å². The number of nitrogen functional groups attached to an aromatic ring is 1. The molecule has 0 aliphatic heterocycles. The van der Waals surface area contributed by atoms with E-state index >= 15 is 0 Å². The molecule has 1 aliphatic carbocycles. The second-order valence-electron chi connectivity index (χ2n) is 5.31. The van der Waals surface area contributed by atoms with Crippen molar-refractivity contribution < 1.29 is 4.74 Å². The maximum atomic E-state index is 5.81. The van der Waals surface area contributed by atoms with Crippen molar-refractivity contribution in [1.82, 2.24) is 14.8 Å². The predicted molar refractivity (Wildman–Crippen MR) is 78.5 cm³/mol. The van der Waals surface area contributed by atoms with E-state index in [0.29, 0.717) is 11.7 Å². The number of anilines is 1. The minimum Gasteiger partial charge on any atom is -0.496 e. The molecule has 0 bridgehead atoms. The maximum Gasteiger partial charge on any atom is 0.167 e. The monoisotopic (exact) mass is 272 g/mol. The molecule has 2 N–H and O–H groups in total. The van der Waals surface area contributed by atoms with E-state index in [-0.39, 0.29) is 0 Å². The highest BCUT2D eigenvalue weighted by Crippen LogP contribution is 2.35. The Hall–Kier alpha value is -2.04. The van der Waals surface area contributed by atoms with Crippen molar-refractivity contribution in [3.8, 4) is 17.1 Å². The minimum atomic E-state index is 0.496. The van der Waals surface area contributed by atoms with Crippen LogP contribution in [0.25, 0.3) is 11.4 Å². The molecule has 0 atom stereocenters. The third-order valence-electron chi connectivity index (χ3n) is 4.01. The Labute approximate surface area is 118 Å². The van der Waals surface area contributed by atoms with Crippen molar-refractivity contribution in [2.45, 2.75) is 38.1 Å². The molecule has 2 aromatic rings. The second-order valence-corrected chi connectivity index (χ2v) is 5.31. The summed E-state index contributed by atoms with van der Waals surface area (Å²) in [5.74, 6) is 1.61. The highest BCUT2D eigenvalue weighted by molar-refractivity contribution is 5.68. The third kappa shape index (κ3) is 2.35. The molecule has 0 radical (unpaired) electrons. The van der Waals surface area contributed by atoms with Crippen molar-refractivity contribution in [3.05, 3.63) is 24.5 Å². The summed E-state index contributed by atoms with van der Waals surface area (Å²) in [6.07, 6.45) is 8.12. The molecule has 0 saturated heterocycles. The van der Waals surface area contributed by atoms with E-state index in [1.807, 2.05) is 24.5 Å². The highest BCUT2D eigenvalue weighted by atomic mass is 16.5. The van der Waals surface area contributed by atoms with Gasteiger partial charge in [0.05, 0.1) is 12.7 Å². The standard InChI is InChI=1S/C15H20N4O/c1-20-14-9-11(16)7-8-13(14)15-18-17-10-19(15)12-5-3-2-4-6-12/h7-10,12H,2-6,16H2,1H3. The zero-order chi connectivity index (χ0) is 13.9. The van der Waals surface area contributed by atoms with Crippen molar-refractivity contribution in [3.63, 3.8) is 0 Å². The number of hydrogen-bond donors (Lipinski definition) is 1. The summed E-state index contributed by atoms with van der Waals surface area (Å²) in [5, 5.41) is 8.39. The number of methoxy groups -OCH3 is 1. The van der Waals surface area contributed by atoms with Gasteiger partial charge in [-0.05, 0) is 25.0 Å². The predicted octanol–water partition coefficient (Wildman–Crippen LogP) is 3.04. The van der Waals surface area contributed by atoms with Crippen molar-refractivity contribution in [2.24, 2.45) is 0 Å². The molecule has 5 nitrogen and oxygen atoms in total. The number of ether oxygens (including phenoxy) is 1. The van der Waals surface area contributed by atoms with Gasteiger partial charge in [-0.25, -0.2) is 0 Å². The fourth-order valence-electron chi connectivity index (χ4n) is 2.95. The van der Waals surface area contributed by atoms with Gasteiger partial charge in [0.2, 0.25) is 0 Å². The average molecular weight is 272 g/mol. The molecule has 1 saturated carbocycles. The molecule has 1 aromatic heterocycles. The quantitative estimate of drug-likeness (QED) is 0.872. The Morgan fingerprint density at radius 1 is 1.25 bits per heavy atom. The molecular formula is C15H20N4O. The Morgan fingerprint density at radius 2 is 2.05 bits per heavy atom. The van der Waals surface area contributed by atoms with Crippen LogP contribution in [0.5, 0.6) is 5.75 Å². The summed E-state index contributed by atoms with van der Waals surface area (Å²) in [5.41, 5.74) is 7.45. The van der Waals surface area contributed by atoms with Crippen molar-refractivity contribution in [1.29, 1.82) is 0 Å². The molecule has 1 aromatic carbocycles. The van der Waals surface area contributed by atoms with Gasteiger partial charge in [0.1, 0.15) is 12.1 Å². The van der Waals surface area contributed by atoms with Gasteiger partial charge in [0, 0.05) is 17.8 Å². The molecule has 0 amide bonds. The lowest BCUT2D eigenvalue weighted by molar-refractivity contribution is 0.354. The fourth-order valence-corrected chi connectivity index (χ4v) is 2.95. The molecule has 0 spiro atoms. The van der Waals surface area contributed by atoms with E-state index in [4.69, 9.17) is 10.5 Å². The lowest BCUT2D eigenvalue weighted by Crippen LogP contribution is -2.13. The average Bonchev–Trinajstić information content (AvgIpc) is 2.97. The van der Waals surface area contributed by atoms with Crippen LogP contribution in [0.3, 0.4) is 0 Å². The first-order chi connectivity index (χ1) is 9.79. The summed E-state index contributed by atoms with van der Waals surface area (Å²) in [6.45, 7) is 0. The number of aromatic nitrogens is 3. The Morgan fingerprint density at radius 3 is 2.80 bits per heavy atom. The summed E-state index contributed by atoms with van der Waals surface area (Å²) in [7, 11) is 1.65. The van der Waals surface area contributed by atoms with Crippen LogP contribution >= 0.6 is 0 Å². The molecule has 3 rings (SSSR count). The first kappa shape index (κ1) is 13.0. The van der Waals surface area contributed by atoms with E-state index in [2.05, 4.69) is 14.8 Å². The topological polar surface area (TPSA) is 66.0 Å². The van der Waals surface area contributed by atoms with E-state index < -0.39 is 0 Å². The number of nitrogens with two attached hydrogens (primary N) is 1. The van der Waals surface area contributed by atoms with Gasteiger partial charge in [0.15, 0.2) is 5.82 Å². The maximum absolute atomic E-state index is 5.81. The molecule has 0 unspecified atom stereocenters. The van der Waals surface area contributed by atoms with E-state index in [9.17, 15) is 0 Å². The normalized spacial score (nSPS) is 16.2. The van der Waals surface area contributed by atoms with Gasteiger partial charge >= 0.3 is 0 Å². The Balaban J connectivity index is 2.00. The lowest BCUT2D eigenvalue weighted by atomic mass is 9.95. The largest absolute Gasteiger partial charge is 0.496 e. The molecule has 20 heavy (non-hydrogen) atoms. The van der Waals surface area contributed by atoms with Gasteiger partial charge in [-0.3, -0.25) is 0 Å². The Kier molecular flexibility index (Phi) is 3.58. The number of rotatable bonds is 3. The SMILES string of the molecule is COc1cc(N)ccc1-c1nncn1C1CCCCC1. The number of hydrogen-bond acceptors (Lipinski definition) is 4. The van der Waals surface area contributed by atoms with Crippen LogP contribution in [0, 0.1) is 0 Å². The zero-order valence-corrected chi connectivity index (χ0v) is 11.7. The molecule has 1 aliphatic rings. The second kappa shape index (κ2) is 5.53. The van der Waals surface area contributed by atoms with Crippen LogP contribution in [0.1, 0.15) is 38.1 Å². The first-order valence-electron chi connectivity index (χ1n) is 7.13. The van der Waals surface area contributed by atoms with Gasteiger partial charge in [-0.1, -0.05) is 19.3 Å². The summed E-state index contributed by atoms with van der Waals surface area (Å²) >= 11 is 0. The van der Waals surface area contributed by atoms with E-state index in [1.54, 1.807) is 7.11 Å². The van der Waals surface area contributed by atoms with Crippen LogP contribution < -0.4 is 10.5 Å². The fraction of sp³-hybridized carbons (Fsp3) is 0.467. The molecule has 106 valence electrons. The van der Waals surface area contributed by atoms with Crippen LogP contribution in [-0.2, 0) is 0 Å². The van der Waals surface area contributed by atoms with Crippen LogP contribution in [0.15, 0.2) is 24.5 Å². The number of nitrogens with zero attached hydrogens (tertiary/aromatic N) is 3. The van der Waals surface area contributed by atoms with E-state index in [0.717, 1.165) is 17.1 Å². The Bertz CT molecular complexity index is 587. The summed E-state index contributed by atoms with van der Waals surface area (Å²) < 4.78 is 7.62. The molecule has 1 fully saturated rings. The van der Waals surface area contributed by atoms with Crippen LogP contribution in [0.2, 0.25) is 0 Å². The molecular weight excluding hydrogens is 252 g/mol. The zero-order valence-electron chi connectivity index (χ0n) is 11.7. The van der Waals surface area contributed by atoms with Crippen molar-refractivity contribution >= 4 is 5.69 Å². The third-order valence-corrected chi connectivity index (χ3v) is 4.01. The van der Waals surface area contributed by atoms with Gasteiger partial charge in [-0.15, -0.1) is 10.2 Å². The number of benzene rings is 1.